The third-order valence-electron chi connectivity index (χ3n) is 3.98. The molecule has 0 saturated heterocycles. The Morgan fingerprint density at radius 2 is 2.22 bits per heavy atom. The van der Waals surface area contributed by atoms with Crippen molar-refractivity contribution >= 4 is 28.1 Å². The Morgan fingerprint density at radius 3 is 3.00 bits per heavy atom. The Hall–Kier alpha value is -2.14. The van der Waals surface area contributed by atoms with Crippen LogP contribution >= 0.6 is 11.3 Å². The van der Waals surface area contributed by atoms with Gasteiger partial charge in [0.25, 0.3) is 0 Å². The maximum Gasteiger partial charge on any atom is 0.220 e. The number of hydrogen-bond acceptors (Lipinski definition) is 3. The third kappa shape index (κ3) is 3.79. The van der Waals surface area contributed by atoms with Crippen LogP contribution in [0.2, 0.25) is 0 Å². The van der Waals surface area contributed by atoms with E-state index in [1.807, 2.05) is 37.6 Å². The lowest BCUT2D eigenvalue weighted by atomic mass is 10.1. The molecule has 2 heterocycles. The van der Waals surface area contributed by atoms with Crippen LogP contribution in [0.3, 0.4) is 0 Å². The summed E-state index contributed by atoms with van der Waals surface area (Å²) in [4.78, 5) is 19.8. The molecule has 0 saturated carbocycles. The van der Waals surface area contributed by atoms with E-state index in [9.17, 15) is 4.79 Å². The molecule has 1 aromatic carbocycles. The van der Waals surface area contributed by atoms with Gasteiger partial charge in [0.1, 0.15) is 0 Å². The van der Waals surface area contributed by atoms with Crippen molar-refractivity contribution in [1.29, 1.82) is 0 Å². The standard InChI is InChI=1S/C18H21N3OS/c1-12(17-11-23-13(2)21-17)20-18(22)9-5-6-14-10-19-16-8-4-3-7-15(14)16/h3-4,7-8,10-12,19H,5-6,9H2,1-2H3,(H,20,22)/t12-/m1/s1. The summed E-state index contributed by atoms with van der Waals surface area (Å²) < 4.78 is 0. The highest BCUT2D eigenvalue weighted by atomic mass is 32.1. The number of benzene rings is 1. The van der Waals surface area contributed by atoms with Gasteiger partial charge in [-0.25, -0.2) is 4.98 Å². The minimum Gasteiger partial charge on any atom is -0.361 e. The highest BCUT2D eigenvalue weighted by Gasteiger charge is 2.12. The predicted molar refractivity (Wildman–Crippen MR) is 94.6 cm³/mol. The summed E-state index contributed by atoms with van der Waals surface area (Å²) in [6.07, 6.45) is 4.33. The monoisotopic (exact) mass is 327 g/mol. The number of amides is 1. The molecule has 1 atom stereocenters. The summed E-state index contributed by atoms with van der Waals surface area (Å²) >= 11 is 1.61. The summed E-state index contributed by atoms with van der Waals surface area (Å²) in [5.74, 6) is 0.0861. The number of rotatable bonds is 6. The van der Waals surface area contributed by atoms with Crippen molar-refractivity contribution in [3.8, 4) is 0 Å². The summed E-state index contributed by atoms with van der Waals surface area (Å²) in [5, 5.41) is 7.31. The van der Waals surface area contributed by atoms with E-state index in [1.54, 1.807) is 11.3 Å². The van der Waals surface area contributed by atoms with Gasteiger partial charge in [-0.3, -0.25) is 4.79 Å². The zero-order valence-electron chi connectivity index (χ0n) is 13.4. The van der Waals surface area contributed by atoms with Crippen molar-refractivity contribution < 1.29 is 4.79 Å². The van der Waals surface area contributed by atoms with E-state index in [-0.39, 0.29) is 11.9 Å². The van der Waals surface area contributed by atoms with Crippen LogP contribution in [0.25, 0.3) is 10.9 Å². The Labute approximate surface area is 140 Å². The minimum absolute atomic E-state index is 0.0273. The average Bonchev–Trinajstić information content (AvgIpc) is 3.14. The Bertz CT molecular complexity index is 805. The van der Waals surface area contributed by atoms with Gasteiger partial charge in [0.2, 0.25) is 5.91 Å². The largest absolute Gasteiger partial charge is 0.361 e. The number of aromatic amines is 1. The van der Waals surface area contributed by atoms with E-state index in [1.165, 1.54) is 10.9 Å². The molecular formula is C18H21N3OS. The van der Waals surface area contributed by atoms with Crippen LogP contribution in [-0.4, -0.2) is 15.9 Å². The van der Waals surface area contributed by atoms with Crippen molar-refractivity contribution in [2.24, 2.45) is 0 Å². The number of fused-ring (bicyclic) bond motifs is 1. The number of hydrogen-bond donors (Lipinski definition) is 2. The number of para-hydroxylation sites is 1. The highest BCUT2D eigenvalue weighted by Crippen LogP contribution is 2.20. The van der Waals surface area contributed by atoms with Crippen LogP contribution in [0.5, 0.6) is 0 Å². The van der Waals surface area contributed by atoms with Gasteiger partial charge in [-0.15, -0.1) is 11.3 Å². The van der Waals surface area contributed by atoms with Gasteiger partial charge in [0.05, 0.1) is 16.7 Å². The van der Waals surface area contributed by atoms with Crippen LogP contribution in [0.1, 0.15) is 42.1 Å². The smallest absolute Gasteiger partial charge is 0.220 e. The number of nitrogens with one attached hydrogen (secondary N) is 2. The molecular weight excluding hydrogens is 306 g/mol. The molecule has 0 aliphatic heterocycles. The molecule has 2 aromatic heterocycles. The number of thiazole rings is 1. The number of carbonyl (C=O) groups excluding carboxylic acids is 1. The van der Waals surface area contributed by atoms with Gasteiger partial charge in [0, 0.05) is 28.9 Å². The highest BCUT2D eigenvalue weighted by molar-refractivity contribution is 7.09. The van der Waals surface area contributed by atoms with E-state index in [0.717, 1.165) is 29.1 Å². The molecule has 3 rings (SSSR count). The second-order valence-electron chi connectivity index (χ2n) is 5.79. The Morgan fingerprint density at radius 1 is 1.39 bits per heavy atom. The van der Waals surface area contributed by atoms with Crippen LogP contribution in [0.4, 0.5) is 0 Å². The van der Waals surface area contributed by atoms with E-state index >= 15 is 0 Å². The first-order valence-corrected chi connectivity index (χ1v) is 8.78. The number of nitrogens with zero attached hydrogens (tertiary/aromatic N) is 1. The van der Waals surface area contributed by atoms with Gasteiger partial charge in [-0.2, -0.15) is 0 Å². The van der Waals surface area contributed by atoms with Crippen molar-refractivity contribution in [2.75, 3.05) is 0 Å². The zero-order valence-corrected chi connectivity index (χ0v) is 14.2. The fourth-order valence-corrected chi connectivity index (χ4v) is 3.45. The molecule has 0 bridgehead atoms. The lowest BCUT2D eigenvalue weighted by Crippen LogP contribution is -2.26. The van der Waals surface area contributed by atoms with Crippen LogP contribution in [-0.2, 0) is 11.2 Å². The van der Waals surface area contributed by atoms with Gasteiger partial charge in [-0.1, -0.05) is 18.2 Å². The average molecular weight is 327 g/mol. The van der Waals surface area contributed by atoms with Crippen LogP contribution < -0.4 is 5.32 Å². The molecule has 4 nitrogen and oxygen atoms in total. The first kappa shape index (κ1) is 15.7. The van der Waals surface area contributed by atoms with E-state index in [0.29, 0.717) is 6.42 Å². The molecule has 0 aliphatic carbocycles. The summed E-state index contributed by atoms with van der Waals surface area (Å²) in [6, 6.07) is 8.24. The van der Waals surface area contributed by atoms with Crippen LogP contribution in [0.15, 0.2) is 35.8 Å². The summed E-state index contributed by atoms with van der Waals surface area (Å²) in [6.45, 7) is 3.95. The van der Waals surface area contributed by atoms with E-state index in [4.69, 9.17) is 0 Å². The SMILES string of the molecule is Cc1nc([C@@H](C)NC(=O)CCCc2c[nH]c3ccccc23)cs1. The number of aromatic nitrogens is 2. The van der Waals surface area contributed by atoms with E-state index < -0.39 is 0 Å². The maximum absolute atomic E-state index is 12.1. The lowest BCUT2D eigenvalue weighted by molar-refractivity contribution is -0.121. The minimum atomic E-state index is -0.0273. The molecule has 0 aliphatic rings. The molecule has 3 aromatic rings. The van der Waals surface area contributed by atoms with Gasteiger partial charge in [-0.05, 0) is 38.3 Å². The molecule has 5 heteroatoms. The fraction of sp³-hybridized carbons (Fsp3) is 0.333. The van der Waals surface area contributed by atoms with Gasteiger partial charge < -0.3 is 10.3 Å². The Kier molecular flexibility index (Phi) is 4.76. The number of aryl methyl sites for hydroxylation is 2. The quantitative estimate of drug-likeness (QED) is 0.715. The molecule has 120 valence electrons. The summed E-state index contributed by atoms with van der Waals surface area (Å²) in [5.41, 5.74) is 3.37. The first-order chi connectivity index (χ1) is 11.1. The van der Waals surface area contributed by atoms with Gasteiger partial charge in [0.15, 0.2) is 0 Å². The first-order valence-electron chi connectivity index (χ1n) is 7.90. The normalized spacial score (nSPS) is 12.4. The van der Waals surface area contributed by atoms with Crippen molar-refractivity contribution in [3.05, 3.63) is 52.1 Å². The molecule has 23 heavy (non-hydrogen) atoms. The van der Waals surface area contributed by atoms with Gasteiger partial charge >= 0.3 is 0 Å². The molecule has 1 amide bonds. The van der Waals surface area contributed by atoms with Crippen LogP contribution in [0, 0.1) is 6.92 Å². The van der Waals surface area contributed by atoms with Crippen molar-refractivity contribution in [2.45, 2.75) is 39.2 Å². The topological polar surface area (TPSA) is 57.8 Å². The third-order valence-corrected chi connectivity index (χ3v) is 4.77. The zero-order chi connectivity index (χ0) is 16.2. The van der Waals surface area contributed by atoms with E-state index in [2.05, 4.69) is 27.4 Å². The fourth-order valence-electron chi connectivity index (χ4n) is 2.74. The second-order valence-corrected chi connectivity index (χ2v) is 6.86. The molecule has 0 unspecified atom stereocenters. The Balaban J connectivity index is 1.49. The summed E-state index contributed by atoms with van der Waals surface area (Å²) in [7, 11) is 0. The molecule has 0 spiro atoms. The van der Waals surface area contributed by atoms with Crippen molar-refractivity contribution in [3.63, 3.8) is 0 Å². The maximum atomic E-state index is 12.1. The van der Waals surface area contributed by atoms with Crippen molar-refractivity contribution in [1.82, 2.24) is 15.3 Å². The number of H-pyrrole nitrogens is 1. The lowest BCUT2D eigenvalue weighted by Gasteiger charge is -2.11. The molecule has 0 radical (unpaired) electrons. The molecule has 0 fully saturated rings. The second kappa shape index (κ2) is 6.96. The number of carbonyl (C=O) groups is 1. The molecule has 2 N–H and O–H groups in total. The predicted octanol–water partition coefficient (Wildman–Crippen LogP) is 4.13.